The van der Waals surface area contributed by atoms with Crippen LogP contribution in [0.2, 0.25) is 0 Å². The monoisotopic (exact) mass is 270 g/mol. The molecule has 1 rings (SSSR count). The van der Waals surface area contributed by atoms with Crippen molar-refractivity contribution in [1.82, 2.24) is 10.6 Å². The summed E-state index contributed by atoms with van der Waals surface area (Å²) in [6.45, 7) is 1.45. The van der Waals surface area contributed by atoms with Crippen LogP contribution in [0.15, 0.2) is 0 Å². The number of nitrogens with one attached hydrogen (secondary N) is 2. The molecule has 0 bridgehead atoms. The van der Waals surface area contributed by atoms with E-state index in [1.807, 2.05) is 0 Å². The van der Waals surface area contributed by atoms with Gasteiger partial charge >= 0.3 is 0 Å². The number of ether oxygens (including phenoxy) is 1. The molecule has 1 fully saturated rings. The number of hydrogen-bond donors (Lipinski definition) is 2. The first kappa shape index (κ1) is 16.1. The van der Waals surface area contributed by atoms with Gasteiger partial charge in [0.1, 0.15) is 6.29 Å². The van der Waals surface area contributed by atoms with Crippen LogP contribution in [-0.4, -0.2) is 45.0 Å². The van der Waals surface area contributed by atoms with Crippen molar-refractivity contribution in [3.63, 3.8) is 0 Å². The van der Waals surface area contributed by atoms with E-state index in [2.05, 4.69) is 10.6 Å². The second-order valence-corrected chi connectivity index (χ2v) is 5.15. The maximum Gasteiger partial charge on any atom is 0.234 e. The van der Waals surface area contributed by atoms with E-state index in [4.69, 9.17) is 4.74 Å². The Labute approximate surface area is 115 Å². The van der Waals surface area contributed by atoms with E-state index >= 15 is 0 Å². The van der Waals surface area contributed by atoms with Crippen LogP contribution < -0.4 is 10.6 Å². The number of aldehydes is 1. The molecule has 1 aliphatic carbocycles. The molecule has 2 N–H and O–H groups in total. The molecule has 0 saturated heterocycles. The highest BCUT2D eigenvalue weighted by molar-refractivity contribution is 5.81. The molecule has 0 aromatic rings. The molecule has 0 unspecified atom stereocenters. The van der Waals surface area contributed by atoms with E-state index in [1.54, 1.807) is 7.11 Å². The normalized spacial score (nSPS) is 18.6. The molecule has 0 aliphatic heterocycles. The Kier molecular flexibility index (Phi) is 8.41. The fraction of sp³-hybridized carbons (Fsp3) is 0.857. The molecule has 19 heavy (non-hydrogen) atoms. The van der Waals surface area contributed by atoms with Gasteiger partial charge in [0, 0.05) is 13.7 Å². The van der Waals surface area contributed by atoms with Crippen molar-refractivity contribution in [3.05, 3.63) is 0 Å². The quantitative estimate of drug-likeness (QED) is 0.390. The van der Waals surface area contributed by atoms with Crippen molar-refractivity contribution < 1.29 is 14.3 Å². The largest absolute Gasteiger partial charge is 0.383 e. The minimum Gasteiger partial charge on any atom is -0.383 e. The molecule has 1 saturated carbocycles. The molecule has 1 atom stereocenters. The Hall–Kier alpha value is -0.940. The average molecular weight is 270 g/mol. The van der Waals surface area contributed by atoms with Crippen LogP contribution >= 0.6 is 0 Å². The maximum absolute atomic E-state index is 11.7. The van der Waals surface area contributed by atoms with Crippen LogP contribution in [0, 0.1) is 5.92 Å². The Morgan fingerprint density at radius 1 is 1.32 bits per heavy atom. The SMILES string of the molecule is COCCNCC(=O)N[C@H](C=O)C1CCCCCC1. The Morgan fingerprint density at radius 2 is 2.00 bits per heavy atom. The molecule has 1 amide bonds. The molecular formula is C14H26N2O3. The van der Waals surface area contributed by atoms with Crippen LogP contribution in [0.1, 0.15) is 38.5 Å². The smallest absolute Gasteiger partial charge is 0.234 e. The fourth-order valence-corrected chi connectivity index (χ4v) is 2.55. The zero-order valence-corrected chi connectivity index (χ0v) is 11.8. The first-order valence-electron chi connectivity index (χ1n) is 7.22. The standard InChI is InChI=1S/C14H26N2O3/c1-19-9-8-15-10-14(18)16-13(11-17)12-6-4-2-3-5-7-12/h11-13,15H,2-10H2,1H3,(H,16,18)/t13-/m1/s1. The van der Waals surface area contributed by atoms with Crippen molar-refractivity contribution in [3.8, 4) is 0 Å². The molecule has 110 valence electrons. The van der Waals surface area contributed by atoms with E-state index in [0.29, 0.717) is 19.1 Å². The van der Waals surface area contributed by atoms with E-state index in [0.717, 1.165) is 32.0 Å². The molecule has 0 aromatic heterocycles. The van der Waals surface area contributed by atoms with Crippen molar-refractivity contribution in [2.45, 2.75) is 44.6 Å². The van der Waals surface area contributed by atoms with Crippen molar-refractivity contribution >= 4 is 12.2 Å². The highest BCUT2D eigenvalue weighted by Crippen LogP contribution is 2.24. The molecular weight excluding hydrogens is 244 g/mol. The first-order valence-corrected chi connectivity index (χ1v) is 7.22. The fourth-order valence-electron chi connectivity index (χ4n) is 2.55. The van der Waals surface area contributed by atoms with Crippen molar-refractivity contribution in [2.24, 2.45) is 5.92 Å². The Morgan fingerprint density at radius 3 is 2.58 bits per heavy atom. The maximum atomic E-state index is 11.7. The third-order valence-corrected chi connectivity index (χ3v) is 3.65. The van der Waals surface area contributed by atoms with Gasteiger partial charge in [-0.1, -0.05) is 25.7 Å². The first-order chi connectivity index (χ1) is 9.27. The minimum absolute atomic E-state index is 0.113. The number of carbonyl (C=O) groups is 2. The molecule has 0 heterocycles. The van der Waals surface area contributed by atoms with Crippen LogP contribution in [0.25, 0.3) is 0 Å². The zero-order chi connectivity index (χ0) is 13.9. The predicted octanol–water partition coefficient (Wildman–Crippen LogP) is 0.877. The van der Waals surface area contributed by atoms with Crippen molar-refractivity contribution in [2.75, 3.05) is 26.8 Å². The van der Waals surface area contributed by atoms with Gasteiger partial charge in [-0.15, -0.1) is 0 Å². The third-order valence-electron chi connectivity index (χ3n) is 3.65. The highest BCUT2D eigenvalue weighted by Gasteiger charge is 2.23. The second-order valence-electron chi connectivity index (χ2n) is 5.15. The summed E-state index contributed by atoms with van der Waals surface area (Å²) < 4.78 is 4.88. The lowest BCUT2D eigenvalue weighted by atomic mass is 9.92. The lowest BCUT2D eigenvalue weighted by molar-refractivity contribution is -0.124. The molecule has 5 heteroatoms. The summed E-state index contributed by atoms with van der Waals surface area (Å²) in [6, 6.07) is -0.324. The summed E-state index contributed by atoms with van der Waals surface area (Å²) in [5.41, 5.74) is 0. The zero-order valence-electron chi connectivity index (χ0n) is 11.8. The van der Waals surface area contributed by atoms with Crippen LogP contribution in [0.4, 0.5) is 0 Å². The topological polar surface area (TPSA) is 67.4 Å². The minimum atomic E-state index is -0.324. The highest BCUT2D eigenvalue weighted by atomic mass is 16.5. The summed E-state index contributed by atoms with van der Waals surface area (Å²) in [6.07, 6.45) is 7.79. The molecule has 0 radical (unpaired) electrons. The van der Waals surface area contributed by atoms with Crippen LogP contribution in [0.5, 0.6) is 0 Å². The lowest BCUT2D eigenvalue weighted by Crippen LogP contribution is -2.45. The van der Waals surface area contributed by atoms with Gasteiger partial charge in [-0.3, -0.25) is 4.79 Å². The molecule has 1 aliphatic rings. The molecule has 0 spiro atoms. The lowest BCUT2D eigenvalue weighted by Gasteiger charge is -2.22. The summed E-state index contributed by atoms with van der Waals surface area (Å²) in [4.78, 5) is 22.9. The predicted molar refractivity (Wildman–Crippen MR) is 73.9 cm³/mol. The van der Waals surface area contributed by atoms with Gasteiger partial charge in [0.2, 0.25) is 5.91 Å². The number of methoxy groups -OCH3 is 1. The second kappa shape index (κ2) is 9.92. The van der Waals surface area contributed by atoms with E-state index in [-0.39, 0.29) is 18.5 Å². The summed E-state index contributed by atoms with van der Waals surface area (Å²) in [5.74, 6) is 0.195. The van der Waals surface area contributed by atoms with Gasteiger partial charge in [0.05, 0.1) is 19.2 Å². The van der Waals surface area contributed by atoms with E-state index in [9.17, 15) is 9.59 Å². The summed E-state index contributed by atoms with van der Waals surface area (Å²) >= 11 is 0. The van der Waals surface area contributed by atoms with Gasteiger partial charge < -0.3 is 20.2 Å². The number of amides is 1. The van der Waals surface area contributed by atoms with E-state index < -0.39 is 0 Å². The Balaban J connectivity index is 2.29. The van der Waals surface area contributed by atoms with Gasteiger partial charge in [-0.05, 0) is 18.8 Å². The van der Waals surface area contributed by atoms with Gasteiger partial charge in [-0.25, -0.2) is 0 Å². The summed E-state index contributed by atoms with van der Waals surface area (Å²) in [5, 5.41) is 5.81. The number of rotatable bonds is 8. The molecule has 0 aromatic carbocycles. The third kappa shape index (κ3) is 6.68. The number of hydrogen-bond acceptors (Lipinski definition) is 4. The van der Waals surface area contributed by atoms with Crippen LogP contribution in [-0.2, 0) is 14.3 Å². The Bertz CT molecular complexity index is 263. The van der Waals surface area contributed by atoms with Crippen molar-refractivity contribution in [1.29, 1.82) is 0 Å². The van der Waals surface area contributed by atoms with Gasteiger partial charge in [0.15, 0.2) is 0 Å². The van der Waals surface area contributed by atoms with E-state index in [1.165, 1.54) is 12.8 Å². The molecule has 5 nitrogen and oxygen atoms in total. The average Bonchev–Trinajstić information content (AvgIpc) is 2.70. The number of carbonyl (C=O) groups excluding carboxylic acids is 2. The van der Waals surface area contributed by atoms with Gasteiger partial charge in [0.25, 0.3) is 0 Å². The van der Waals surface area contributed by atoms with Crippen LogP contribution in [0.3, 0.4) is 0 Å². The van der Waals surface area contributed by atoms with Gasteiger partial charge in [-0.2, -0.15) is 0 Å². The summed E-state index contributed by atoms with van der Waals surface area (Å²) in [7, 11) is 1.62.